The van der Waals surface area contributed by atoms with E-state index in [9.17, 15) is 0 Å². The molecule has 1 heterocycles. The van der Waals surface area contributed by atoms with Crippen molar-refractivity contribution in [3.05, 3.63) is 0 Å². The van der Waals surface area contributed by atoms with Gasteiger partial charge in [0, 0.05) is 12.5 Å². The van der Waals surface area contributed by atoms with Crippen LogP contribution < -0.4 is 5.73 Å². The van der Waals surface area contributed by atoms with Crippen molar-refractivity contribution in [1.82, 2.24) is 0 Å². The lowest BCUT2D eigenvalue weighted by Crippen LogP contribution is -2.32. The quantitative estimate of drug-likeness (QED) is 0.720. The van der Waals surface area contributed by atoms with Crippen molar-refractivity contribution >= 4 is 0 Å². The summed E-state index contributed by atoms with van der Waals surface area (Å²) in [5, 5.41) is 0. The van der Waals surface area contributed by atoms with Crippen molar-refractivity contribution in [2.75, 3.05) is 13.2 Å². The van der Waals surface area contributed by atoms with E-state index in [0.29, 0.717) is 5.92 Å². The molecule has 0 spiro atoms. The molecule has 2 N–H and O–H groups in total. The van der Waals surface area contributed by atoms with Gasteiger partial charge in [0.05, 0.1) is 13.2 Å². The molecule has 0 aromatic rings. The molecule has 1 atom stereocenters. The molecule has 1 saturated heterocycles. The number of ether oxygens (including phenoxy) is 2. The summed E-state index contributed by atoms with van der Waals surface area (Å²) in [4.78, 5) is 0. The molecule has 0 radical (unpaired) electrons. The monoisotopic (exact) mass is 185 g/mol. The molecule has 1 saturated carbocycles. The Morgan fingerprint density at radius 1 is 1.15 bits per heavy atom. The fraction of sp³-hybridized carbons (Fsp3) is 1.00. The predicted octanol–water partition coefficient (Wildman–Crippen LogP) is 1.27. The largest absolute Gasteiger partial charge is 0.350 e. The molecule has 1 aliphatic carbocycles. The van der Waals surface area contributed by atoms with Crippen LogP contribution in [0.4, 0.5) is 0 Å². The molecule has 1 aliphatic heterocycles. The smallest absolute Gasteiger partial charge is 0.159 e. The summed E-state index contributed by atoms with van der Waals surface area (Å²) in [6.07, 6.45) is 6.16. The maximum absolute atomic E-state index is 6.10. The summed E-state index contributed by atoms with van der Waals surface area (Å²) in [7, 11) is 0. The summed E-state index contributed by atoms with van der Waals surface area (Å²) < 4.78 is 10.8. The Morgan fingerprint density at radius 3 is 2.38 bits per heavy atom. The van der Waals surface area contributed by atoms with Gasteiger partial charge in [0.1, 0.15) is 0 Å². The van der Waals surface area contributed by atoms with Gasteiger partial charge in [-0.25, -0.2) is 0 Å². The Balaban J connectivity index is 1.73. The zero-order valence-corrected chi connectivity index (χ0v) is 8.08. The molecule has 2 fully saturated rings. The van der Waals surface area contributed by atoms with E-state index in [1.807, 2.05) is 0 Å². The third-order valence-corrected chi connectivity index (χ3v) is 3.16. The topological polar surface area (TPSA) is 44.5 Å². The van der Waals surface area contributed by atoms with Crippen molar-refractivity contribution < 1.29 is 9.47 Å². The van der Waals surface area contributed by atoms with Gasteiger partial charge in [0.2, 0.25) is 0 Å². The van der Waals surface area contributed by atoms with E-state index in [2.05, 4.69) is 0 Å². The Hall–Kier alpha value is -0.120. The second kappa shape index (κ2) is 4.40. The van der Waals surface area contributed by atoms with Crippen molar-refractivity contribution in [2.45, 2.75) is 44.4 Å². The molecule has 13 heavy (non-hydrogen) atoms. The molecule has 1 unspecified atom stereocenters. The molecule has 2 aliphatic rings. The highest BCUT2D eigenvalue weighted by molar-refractivity contribution is 4.79. The first-order valence-electron chi connectivity index (χ1n) is 5.35. The Kier molecular flexibility index (Phi) is 3.19. The molecule has 0 amide bonds. The van der Waals surface area contributed by atoms with Gasteiger partial charge < -0.3 is 15.2 Å². The summed E-state index contributed by atoms with van der Waals surface area (Å²) >= 11 is 0. The van der Waals surface area contributed by atoms with Crippen LogP contribution in [0.1, 0.15) is 32.1 Å². The van der Waals surface area contributed by atoms with Crippen molar-refractivity contribution in [1.29, 1.82) is 0 Å². The third-order valence-electron chi connectivity index (χ3n) is 3.16. The van der Waals surface area contributed by atoms with Gasteiger partial charge in [-0.15, -0.1) is 0 Å². The first kappa shape index (κ1) is 9.44. The Morgan fingerprint density at radius 2 is 1.77 bits per heavy atom. The van der Waals surface area contributed by atoms with Gasteiger partial charge in [-0.05, 0) is 18.8 Å². The highest BCUT2D eigenvalue weighted by Gasteiger charge is 2.26. The number of nitrogens with two attached hydrogens (primary N) is 1. The van der Waals surface area contributed by atoms with Crippen molar-refractivity contribution in [3.8, 4) is 0 Å². The minimum atomic E-state index is -0.0180. The van der Waals surface area contributed by atoms with Crippen LogP contribution in [-0.2, 0) is 9.47 Å². The third kappa shape index (κ3) is 2.42. The first-order chi connectivity index (χ1) is 6.36. The van der Waals surface area contributed by atoms with E-state index >= 15 is 0 Å². The molecular weight excluding hydrogens is 166 g/mol. The number of rotatable bonds is 3. The van der Waals surface area contributed by atoms with E-state index in [4.69, 9.17) is 15.2 Å². The SMILES string of the molecule is NC(CC1OCCO1)C1CCCC1. The Bertz CT molecular complexity index is 151. The number of hydrogen-bond acceptors (Lipinski definition) is 3. The van der Waals surface area contributed by atoms with Gasteiger partial charge in [0.25, 0.3) is 0 Å². The van der Waals surface area contributed by atoms with Crippen molar-refractivity contribution in [3.63, 3.8) is 0 Å². The highest BCUT2D eigenvalue weighted by Crippen LogP contribution is 2.29. The van der Waals surface area contributed by atoms with Crippen LogP contribution in [0.3, 0.4) is 0 Å². The van der Waals surface area contributed by atoms with Crippen LogP contribution in [0.2, 0.25) is 0 Å². The average molecular weight is 185 g/mol. The van der Waals surface area contributed by atoms with Crippen LogP contribution in [0.15, 0.2) is 0 Å². The molecule has 3 nitrogen and oxygen atoms in total. The van der Waals surface area contributed by atoms with Crippen molar-refractivity contribution in [2.24, 2.45) is 11.7 Å². The van der Waals surface area contributed by atoms with Crippen LogP contribution in [0.25, 0.3) is 0 Å². The second-order valence-corrected chi connectivity index (χ2v) is 4.12. The van der Waals surface area contributed by atoms with Crippen LogP contribution in [-0.4, -0.2) is 25.5 Å². The molecule has 3 heteroatoms. The fourth-order valence-electron chi connectivity index (χ4n) is 2.34. The van der Waals surface area contributed by atoms with Gasteiger partial charge in [0.15, 0.2) is 6.29 Å². The minimum absolute atomic E-state index is 0.0180. The summed E-state index contributed by atoms with van der Waals surface area (Å²) in [5.74, 6) is 0.716. The summed E-state index contributed by atoms with van der Waals surface area (Å²) in [6, 6.07) is 0.283. The molecular formula is C10H19NO2. The lowest BCUT2D eigenvalue weighted by atomic mass is 9.96. The maximum atomic E-state index is 6.10. The number of hydrogen-bond donors (Lipinski definition) is 1. The van der Waals surface area contributed by atoms with Crippen LogP contribution in [0.5, 0.6) is 0 Å². The van der Waals surface area contributed by atoms with Gasteiger partial charge in [-0.2, -0.15) is 0 Å². The highest BCUT2D eigenvalue weighted by atomic mass is 16.7. The van der Waals surface area contributed by atoms with E-state index in [1.165, 1.54) is 25.7 Å². The summed E-state index contributed by atoms with van der Waals surface area (Å²) in [6.45, 7) is 1.48. The molecule has 0 bridgehead atoms. The molecule has 76 valence electrons. The fourth-order valence-corrected chi connectivity index (χ4v) is 2.34. The van der Waals surface area contributed by atoms with Crippen LogP contribution in [0, 0.1) is 5.92 Å². The molecule has 2 rings (SSSR count). The second-order valence-electron chi connectivity index (χ2n) is 4.12. The zero-order chi connectivity index (χ0) is 9.10. The first-order valence-corrected chi connectivity index (χ1v) is 5.35. The van der Waals surface area contributed by atoms with Gasteiger partial charge in [-0.3, -0.25) is 0 Å². The van der Waals surface area contributed by atoms with E-state index in [-0.39, 0.29) is 12.3 Å². The lowest BCUT2D eigenvalue weighted by molar-refractivity contribution is -0.0536. The minimum Gasteiger partial charge on any atom is -0.350 e. The standard InChI is InChI=1S/C10H19NO2/c11-9(8-3-1-2-4-8)7-10-12-5-6-13-10/h8-10H,1-7,11H2. The predicted molar refractivity (Wildman–Crippen MR) is 50.2 cm³/mol. The van der Waals surface area contributed by atoms with E-state index in [1.54, 1.807) is 0 Å². The van der Waals surface area contributed by atoms with E-state index in [0.717, 1.165) is 19.6 Å². The molecule has 0 aromatic heterocycles. The van der Waals surface area contributed by atoms with E-state index < -0.39 is 0 Å². The summed E-state index contributed by atoms with van der Waals surface area (Å²) in [5.41, 5.74) is 6.10. The van der Waals surface area contributed by atoms with Gasteiger partial charge in [-0.1, -0.05) is 12.8 Å². The Labute approximate surface area is 79.6 Å². The zero-order valence-electron chi connectivity index (χ0n) is 8.08. The molecule has 0 aromatic carbocycles. The maximum Gasteiger partial charge on any atom is 0.159 e. The normalized spacial score (nSPS) is 28.4. The lowest BCUT2D eigenvalue weighted by Gasteiger charge is -2.21. The van der Waals surface area contributed by atoms with Gasteiger partial charge >= 0.3 is 0 Å². The average Bonchev–Trinajstić information content (AvgIpc) is 2.74. The van der Waals surface area contributed by atoms with Crippen LogP contribution >= 0.6 is 0 Å².